The average Bonchev–Trinajstić information content (AvgIpc) is 2.68. The summed E-state index contributed by atoms with van der Waals surface area (Å²) in [6.45, 7) is 5.69. The van der Waals surface area contributed by atoms with E-state index in [2.05, 4.69) is 40.0 Å². The lowest BCUT2D eigenvalue weighted by atomic mass is 10.0. The summed E-state index contributed by atoms with van der Waals surface area (Å²) in [6.07, 6.45) is 0. The van der Waals surface area contributed by atoms with Gasteiger partial charge in [0.2, 0.25) is 5.91 Å². The van der Waals surface area contributed by atoms with Gasteiger partial charge in [0, 0.05) is 24.0 Å². The highest BCUT2D eigenvalue weighted by atomic mass is 16.2. The Hall–Kier alpha value is -3.74. The second kappa shape index (κ2) is 8.97. The van der Waals surface area contributed by atoms with Crippen LogP contribution in [0.3, 0.4) is 0 Å². The van der Waals surface area contributed by atoms with Gasteiger partial charge in [0.05, 0.1) is 0 Å². The molecule has 0 saturated carbocycles. The number of rotatable bonds is 6. The molecule has 0 fully saturated rings. The van der Waals surface area contributed by atoms with Crippen molar-refractivity contribution in [2.24, 2.45) is 0 Å². The van der Waals surface area contributed by atoms with Crippen molar-refractivity contribution in [1.29, 1.82) is 0 Å². The van der Waals surface area contributed by atoms with Gasteiger partial charge in [-0.2, -0.15) is 0 Å². The van der Waals surface area contributed by atoms with Crippen molar-refractivity contribution in [1.82, 2.24) is 10.2 Å². The van der Waals surface area contributed by atoms with Gasteiger partial charge in [-0.1, -0.05) is 32.0 Å². The molecule has 1 heterocycles. The third-order valence-corrected chi connectivity index (χ3v) is 4.19. The van der Waals surface area contributed by atoms with Gasteiger partial charge in [-0.3, -0.25) is 9.59 Å². The SMILES string of the molecule is CC(=O)Nc1cccc(Nc2ccc(C(=O)Nc3ccc(C(C)C)cc3)nn2)c1. The minimum absolute atomic E-state index is 0.142. The molecule has 29 heavy (non-hydrogen) atoms. The van der Waals surface area contributed by atoms with Gasteiger partial charge in [0.25, 0.3) is 5.91 Å². The average molecular weight is 389 g/mol. The first-order valence-electron chi connectivity index (χ1n) is 9.30. The molecule has 0 atom stereocenters. The number of nitrogens with one attached hydrogen (secondary N) is 3. The van der Waals surface area contributed by atoms with Crippen LogP contribution < -0.4 is 16.0 Å². The van der Waals surface area contributed by atoms with E-state index < -0.39 is 0 Å². The van der Waals surface area contributed by atoms with Crippen molar-refractivity contribution in [2.45, 2.75) is 26.7 Å². The molecule has 148 valence electrons. The molecular weight excluding hydrogens is 366 g/mol. The lowest BCUT2D eigenvalue weighted by Crippen LogP contribution is -2.14. The molecular formula is C22H23N5O2. The van der Waals surface area contributed by atoms with Crippen LogP contribution in [0.2, 0.25) is 0 Å². The molecule has 7 heteroatoms. The molecule has 7 nitrogen and oxygen atoms in total. The van der Waals surface area contributed by atoms with Crippen molar-refractivity contribution >= 4 is 34.7 Å². The zero-order chi connectivity index (χ0) is 20.8. The number of anilines is 4. The topological polar surface area (TPSA) is 96.0 Å². The van der Waals surface area contributed by atoms with Crippen LogP contribution in [0.15, 0.2) is 60.7 Å². The van der Waals surface area contributed by atoms with Crippen LogP contribution in [0.4, 0.5) is 22.9 Å². The van der Waals surface area contributed by atoms with Crippen LogP contribution in [0, 0.1) is 0 Å². The Morgan fingerprint density at radius 1 is 0.828 bits per heavy atom. The Morgan fingerprint density at radius 3 is 2.17 bits per heavy atom. The summed E-state index contributed by atoms with van der Waals surface area (Å²) in [5, 5.41) is 16.7. The Morgan fingerprint density at radius 2 is 1.55 bits per heavy atom. The van der Waals surface area contributed by atoms with E-state index in [1.165, 1.54) is 12.5 Å². The summed E-state index contributed by atoms with van der Waals surface area (Å²) in [4.78, 5) is 23.5. The second-order valence-corrected chi connectivity index (χ2v) is 6.92. The number of aromatic nitrogens is 2. The molecule has 0 aliphatic rings. The van der Waals surface area contributed by atoms with E-state index in [4.69, 9.17) is 0 Å². The van der Waals surface area contributed by atoms with Gasteiger partial charge >= 0.3 is 0 Å². The molecule has 0 spiro atoms. The van der Waals surface area contributed by atoms with Gasteiger partial charge in [-0.25, -0.2) is 0 Å². The van der Waals surface area contributed by atoms with Gasteiger partial charge < -0.3 is 16.0 Å². The van der Waals surface area contributed by atoms with E-state index in [9.17, 15) is 9.59 Å². The fourth-order valence-corrected chi connectivity index (χ4v) is 2.69. The molecule has 0 aliphatic carbocycles. The Labute approximate surface area is 169 Å². The summed E-state index contributed by atoms with van der Waals surface area (Å²) in [6, 6.07) is 18.2. The number of hydrogen-bond donors (Lipinski definition) is 3. The van der Waals surface area contributed by atoms with Gasteiger partial charge in [0.15, 0.2) is 11.5 Å². The van der Waals surface area contributed by atoms with Crippen molar-refractivity contribution in [2.75, 3.05) is 16.0 Å². The summed E-state index contributed by atoms with van der Waals surface area (Å²) < 4.78 is 0. The molecule has 3 rings (SSSR count). The van der Waals surface area contributed by atoms with E-state index >= 15 is 0 Å². The minimum Gasteiger partial charge on any atom is -0.339 e. The van der Waals surface area contributed by atoms with E-state index in [0.29, 0.717) is 23.1 Å². The predicted molar refractivity (Wildman–Crippen MR) is 115 cm³/mol. The first kappa shape index (κ1) is 20.0. The number of benzene rings is 2. The molecule has 0 bridgehead atoms. The third-order valence-electron chi connectivity index (χ3n) is 4.19. The van der Waals surface area contributed by atoms with Crippen LogP contribution in [-0.4, -0.2) is 22.0 Å². The highest BCUT2D eigenvalue weighted by Crippen LogP contribution is 2.20. The monoisotopic (exact) mass is 389 g/mol. The lowest BCUT2D eigenvalue weighted by Gasteiger charge is -2.09. The summed E-state index contributed by atoms with van der Waals surface area (Å²) >= 11 is 0. The fourth-order valence-electron chi connectivity index (χ4n) is 2.69. The molecule has 3 aromatic rings. The van der Waals surface area contributed by atoms with E-state index in [1.807, 2.05) is 36.4 Å². The van der Waals surface area contributed by atoms with Crippen LogP contribution in [-0.2, 0) is 4.79 Å². The molecule has 0 unspecified atom stereocenters. The van der Waals surface area contributed by atoms with Crippen molar-refractivity contribution in [3.8, 4) is 0 Å². The number of amides is 2. The van der Waals surface area contributed by atoms with Gasteiger partial charge in [0.1, 0.15) is 0 Å². The largest absolute Gasteiger partial charge is 0.339 e. The van der Waals surface area contributed by atoms with Crippen LogP contribution >= 0.6 is 0 Å². The second-order valence-electron chi connectivity index (χ2n) is 6.92. The molecule has 3 N–H and O–H groups in total. The third kappa shape index (κ3) is 5.62. The predicted octanol–water partition coefficient (Wildman–Crippen LogP) is 4.55. The van der Waals surface area contributed by atoms with Crippen LogP contribution in [0.5, 0.6) is 0 Å². The van der Waals surface area contributed by atoms with Gasteiger partial charge in [-0.15, -0.1) is 10.2 Å². The highest BCUT2D eigenvalue weighted by Gasteiger charge is 2.09. The standard InChI is InChI=1S/C22H23N5O2/c1-14(2)16-7-9-17(10-8-16)25-22(29)20-11-12-21(27-26-20)24-19-6-4-5-18(13-19)23-15(3)28/h4-14H,1-3H3,(H,23,28)(H,24,27)(H,25,29). The summed E-state index contributed by atoms with van der Waals surface area (Å²) in [5.74, 6) is 0.456. The summed E-state index contributed by atoms with van der Waals surface area (Å²) in [7, 11) is 0. The summed E-state index contributed by atoms with van der Waals surface area (Å²) in [5.41, 5.74) is 3.55. The van der Waals surface area contributed by atoms with Crippen molar-refractivity contribution < 1.29 is 9.59 Å². The van der Waals surface area contributed by atoms with Gasteiger partial charge in [-0.05, 0) is 53.9 Å². The van der Waals surface area contributed by atoms with Crippen molar-refractivity contribution in [3.63, 3.8) is 0 Å². The zero-order valence-electron chi connectivity index (χ0n) is 16.6. The van der Waals surface area contributed by atoms with Crippen LogP contribution in [0.25, 0.3) is 0 Å². The zero-order valence-corrected chi connectivity index (χ0v) is 16.6. The minimum atomic E-state index is -0.325. The van der Waals surface area contributed by atoms with Crippen LogP contribution in [0.1, 0.15) is 42.7 Å². The molecule has 0 saturated heterocycles. The fraction of sp³-hybridized carbons (Fsp3) is 0.182. The van der Waals surface area contributed by atoms with E-state index in [1.54, 1.807) is 24.3 Å². The molecule has 1 aromatic heterocycles. The van der Waals surface area contributed by atoms with E-state index in [0.717, 1.165) is 5.69 Å². The normalized spacial score (nSPS) is 10.5. The number of hydrogen-bond acceptors (Lipinski definition) is 5. The molecule has 2 amide bonds. The smallest absolute Gasteiger partial charge is 0.276 e. The number of carbonyl (C=O) groups is 2. The quantitative estimate of drug-likeness (QED) is 0.575. The Bertz CT molecular complexity index is 998. The molecule has 2 aromatic carbocycles. The molecule has 0 radical (unpaired) electrons. The molecule has 0 aliphatic heterocycles. The highest BCUT2D eigenvalue weighted by molar-refractivity contribution is 6.02. The maximum atomic E-state index is 12.4. The first-order chi connectivity index (χ1) is 13.9. The Kier molecular flexibility index (Phi) is 6.19. The van der Waals surface area contributed by atoms with Crippen molar-refractivity contribution in [3.05, 3.63) is 71.9 Å². The number of carbonyl (C=O) groups excluding carboxylic acids is 2. The lowest BCUT2D eigenvalue weighted by molar-refractivity contribution is -0.114. The van der Waals surface area contributed by atoms with E-state index in [-0.39, 0.29) is 17.5 Å². The first-order valence-corrected chi connectivity index (χ1v) is 9.30. The number of nitrogens with zero attached hydrogens (tertiary/aromatic N) is 2. The maximum absolute atomic E-state index is 12.4. The maximum Gasteiger partial charge on any atom is 0.276 e. The Balaban J connectivity index is 1.63.